The summed E-state index contributed by atoms with van der Waals surface area (Å²) in [4.78, 5) is 17.1. The summed E-state index contributed by atoms with van der Waals surface area (Å²) >= 11 is 0. The predicted octanol–water partition coefficient (Wildman–Crippen LogP) is 2.75. The van der Waals surface area contributed by atoms with Crippen molar-refractivity contribution in [2.45, 2.75) is 70.3 Å². The van der Waals surface area contributed by atoms with Crippen LogP contribution in [0.15, 0.2) is 18.7 Å². The van der Waals surface area contributed by atoms with Gasteiger partial charge in [-0.15, -0.1) is 10.2 Å². The fourth-order valence-corrected chi connectivity index (χ4v) is 5.58. The number of hydrogen-bond acceptors (Lipinski definition) is 12. The van der Waals surface area contributed by atoms with Crippen molar-refractivity contribution in [1.29, 1.82) is 0 Å². The molecule has 0 bridgehead atoms. The van der Waals surface area contributed by atoms with Gasteiger partial charge in [0.1, 0.15) is 23.5 Å². The molecule has 0 aromatic carbocycles. The van der Waals surface area contributed by atoms with E-state index in [0.717, 1.165) is 5.56 Å². The van der Waals surface area contributed by atoms with E-state index in [9.17, 15) is 8.42 Å². The SMILES string of the molecule is CCCO[C@@H](c1ncc(C)cn1)[C@H](C)S(=O)(=O)Nc1nnc([C@@H]2COC(C)(C)C2)n1-c1c(OC)ncnc1OC. The lowest BCUT2D eigenvalue weighted by molar-refractivity contribution is 0.0360. The molecule has 0 unspecified atom stereocenters. The van der Waals surface area contributed by atoms with Gasteiger partial charge in [0.15, 0.2) is 11.5 Å². The monoisotopic (exact) mass is 576 g/mol. The van der Waals surface area contributed by atoms with Crippen LogP contribution in [0.25, 0.3) is 5.69 Å². The standard InChI is InChI=1S/C25H36N8O6S/c1-8-9-38-19(20-26-11-15(2)12-27-20)16(3)40(34,35)32-24-31-30-21(17-10-25(4,5)39-13-17)33(24)18-22(36-6)28-14-29-23(18)37-7/h11-12,14,16-17,19H,8-10,13H2,1-7H3,(H,31,32)/t16-,17-,19+/m0/s1. The molecule has 0 aliphatic carbocycles. The first-order chi connectivity index (χ1) is 19.0. The summed E-state index contributed by atoms with van der Waals surface area (Å²) in [5.41, 5.74) is 0.706. The highest BCUT2D eigenvalue weighted by Crippen LogP contribution is 2.40. The number of nitrogens with one attached hydrogen (secondary N) is 1. The van der Waals surface area contributed by atoms with Gasteiger partial charge in [0, 0.05) is 24.9 Å². The van der Waals surface area contributed by atoms with Crippen molar-refractivity contribution in [1.82, 2.24) is 34.7 Å². The van der Waals surface area contributed by atoms with Crippen LogP contribution in [0.5, 0.6) is 11.8 Å². The Hall–Kier alpha value is -3.43. The molecule has 218 valence electrons. The Balaban J connectivity index is 1.79. The molecule has 4 heterocycles. The maximum Gasteiger partial charge on any atom is 0.245 e. The predicted molar refractivity (Wildman–Crippen MR) is 145 cm³/mol. The van der Waals surface area contributed by atoms with Crippen molar-refractivity contribution in [3.05, 3.63) is 35.9 Å². The van der Waals surface area contributed by atoms with Crippen LogP contribution in [-0.4, -0.2) is 81.4 Å². The zero-order valence-corrected chi connectivity index (χ0v) is 24.6. The van der Waals surface area contributed by atoms with E-state index >= 15 is 0 Å². The van der Waals surface area contributed by atoms with Gasteiger partial charge >= 0.3 is 0 Å². The fraction of sp³-hybridized carbons (Fsp3) is 0.600. The van der Waals surface area contributed by atoms with E-state index in [0.29, 0.717) is 31.9 Å². The number of rotatable bonds is 12. The number of methoxy groups -OCH3 is 2. The topological polar surface area (TPSA) is 165 Å². The second-order valence-corrected chi connectivity index (χ2v) is 12.2. The van der Waals surface area contributed by atoms with E-state index in [-0.39, 0.29) is 35.1 Å². The molecule has 3 atom stereocenters. The Morgan fingerprint density at radius 1 is 1.12 bits per heavy atom. The molecule has 1 aliphatic rings. The average Bonchev–Trinajstić information content (AvgIpc) is 3.50. The molecule has 0 amide bonds. The largest absolute Gasteiger partial charge is 0.479 e. The fourth-order valence-electron chi connectivity index (χ4n) is 4.49. The zero-order valence-electron chi connectivity index (χ0n) is 23.8. The Morgan fingerprint density at radius 2 is 1.77 bits per heavy atom. The number of aromatic nitrogens is 7. The van der Waals surface area contributed by atoms with Crippen LogP contribution in [-0.2, 0) is 19.5 Å². The van der Waals surface area contributed by atoms with E-state index in [2.05, 4.69) is 34.9 Å². The lowest BCUT2D eigenvalue weighted by Crippen LogP contribution is -2.34. The second kappa shape index (κ2) is 12.0. The third kappa shape index (κ3) is 6.15. The van der Waals surface area contributed by atoms with Gasteiger partial charge in [-0.05, 0) is 46.1 Å². The molecular weight excluding hydrogens is 540 g/mol. The summed E-state index contributed by atoms with van der Waals surface area (Å²) in [5, 5.41) is 7.52. The molecule has 0 spiro atoms. The van der Waals surface area contributed by atoms with Crippen LogP contribution in [0.1, 0.15) is 69.8 Å². The number of anilines is 1. The van der Waals surface area contributed by atoms with Crippen molar-refractivity contribution < 1.29 is 27.4 Å². The Labute approximate surface area is 233 Å². The molecule has 1 aliphatic heterocycles. The summed E-state index contributed by atoms with van der Waals surface area (Å²) in [6.07, 6.45) is 4.93. The minimum absolute atomic E-state index is 0.0861. The number of sulfonamides is 1. The van der Waals surface area contributed by atoms with Crippen LogP contribution in [0.4, 0.5) is 5.95 Å². The lowest BCUT2D eigenvalue weighted by Gasteiger charge is -2.24. The maximum atomic E-state index is 13.8. The summed E-state index contributed by atoms with van der Waals surface area (Å²) in [6, 6.07) is 0. The first kappa shape index (κ1) is 29.6. The van der Waals surface area contributed by atoms with Crippen molar-refractivity contribution in [2.24, 2.45) is 0 Å². The molecule has 4 rings (SSSR count). The third-order valence-electron chi connectivity index (χ3n) is 6.54. The highest BCUT2D eigenvalue weighted by Gasteiger charge is 2.39. The number of ether oxygens (including phenoxy) is 4. The van der Waals surface area contributed by atoms with Gasteiger partial charge in [-0.2, -0.15) is 9.97 Å². The lowest BCUT2D eigenvalue weighted by atomic mass is 9.97. The van der Waals surface area contributed by atoms with Crippen molar-refractivity contribution >= 4 is 16.0 Å². The molecule has 1 N–H and O–H groups in total. The Kier molecular flexibility index (Phi) is 8.85. The first-order valence-electron chi connectivity index (χ1n) is 13.0. The molecular formula is C25H36N8O6S. The van der Waals surface area contributed by atoms with E-state index in [1.807, 2.05) is 27.7 Å². The van der Waals surface area contributed by atoms with Crippen molar-refractivity contribution in [2.75, 3.05) is 32.2 Å². The Morgan fingerprint density at radius 3 is 2.33 bits per heavy atom. The highest BCUT2D eigenvalue weighted by molar-refractivity contribution is 7.93. The molecule has 40 heavy (non-hydrogen) atoms. The number of aryl methyl sites for hydroxylation is 1. The van der Waals surface area contributed by atoms with Crippen LogP contribution >= 0.6 is 0 Å². The quantitative estimate of drug-likeness (QED) is 0.335. The molecule has 1 fully saturated rings. The van der Waals surface area contributed by atoms with E-state index in [1.54, 1.807) is 12.4 Å². The summed E-state index contributed by atoms with van der Waals surface area (Å²) in [6.45, 7) is 9.98. The number of hydrogen-bond donors (Lipinski definition) is 1. The molecule has 0 radical (unpaired) electrons. The van der Waals surface area contributed by atoms with Gasteiger partial charge < -0.3 is 18.9 Å². The van der Waals surface area contributed by atoms with Gasteiger partial charge in [0.2, 0.25) is 27.7 Å². The van der Waals surface area contributed by atoms with Crippen LogP contribution in [0, 0.1) is 6.92 Å². The summed E-state index contributed by atoms with van der Waals surface area (Å²) in [5.74, 6) is 0.729. The number of nitrogens with zero attached hydrogens (tertiary/aromatic N) is 7. The smallest absolute Gasteiger partial charge is 0.245 e. The molecule has 1 saturated heterocycles. The molecule has 3 aromatic rings. The van der Waals surface area contributed by atoms with Crippen molar-refractivity contribution in [3.8, 4) is 17.4 Å². The Bertz CT molecular complexity index is 1390. The first-order valence-corrected chi connectivity index (χ1v) is 14.5. The normalized spacial score (nSPS) is 18.3. The summed E-state index contributed by atoms with van der Waals surface area (Å²) in [7, 11) is -1.25. The zero-order chi connectivity index (χ0) is 29.1. The third-order valence-corrected chi connectivity index (χ3v) is 8.23. The van der Waals surface area contributed by atoms with Crippen molar-refractivity contribution in [3.63, 3.8) is 0 Å². The van der Waals surface area contributed by atoms with E-state index < -0.39 is 27.0 Å². The van der Waals surface area contributed by atoms with Crippen LogP contribution in [0.3, 0.4) is 0 Å². The molecule has 14 nitrogen and oxygen atoms in total. The van der Waals surface area contributed by atoms with Gasteiger partial charge in [-0.25, -0.2) is 18.4 Å². The maximum absolute atomic E-state index is 13.8. The van der Waals surface area contributed by atoms with E-state index in [4.69, 9.17) is 18.9 Å². The van der Waals surface area contributed by atoms with Gasteiger partial charge in [-0.3, -0.25) is 9.29 Å². The van der Waals surface area contributed by atoms with Crippen LogP contribution in [0.2, 0.25) is 0 Å². The van der Waals surface area contributed by atoms with Crippen LogP contribution < -0.4 is 14.2 Å². The molecule has 3 aromatic heterocycles. The van der Waals surface area contributed by atoms with Gasteiger partial charge in [-0.1, -0.05) is 6.92 Å². The minimum Gasteiger partial charge on any atom is -0.479 e. The molecule has 0 saturated carbocycles. The van der Waals surface area contributed by atoms with Gasteiger partial charge in [0.05, 0.1) is 26.4 Å². The summed E-state index contributed by atoms with van der Waals surface area (Å²) < 4.78 is 54.7. The van der Waals surface area contributed by atoms with Gasteiger partial charge in [0.25, 0.3) is 0 Å². The average molecular weight is 577 g/mol. The molecule has 15 heteroatoms. The second-order valence-electron chi connectivity index (χ2n) is 10.2. The highest BCUT2D eigenvalue weighted by atomic mass is 32.2. The minimum atomic E-state index is -4.14. The van der Waals surface area contributed by atoms with E-state index in [1.165, 1.54) is 32.0 Å².